The highest BCUT2D eigenvalue weighted by Gasteiger charge is 2.22. The Morgan fingerprint density at radius 1 is 0.939 bits per heavy atom. The second-order valence-corrected chi connectivity index (χ2v) is 9.54. The lowest BCUT2D eigenvalue weighted by Gasteiger charge is -2.37. The molecule has 1 saturated heterocycles. The summed E-state index contributed by atoms with van der Waals surface area (Å²) in [6.07, 6.45) is 2.27. The maximum absolute atomic E-state index is 11.0. The zero-order valence-corrected chi connectivity index (χ0v) is 20.4. The minimum atomic E-state index is -0.878. The Bertz CT molecular complexity index is 1040. The minimum absolute atomic E-state index is 0.340. The number of halogens is 1. The zero-order valence-electron chi connectivity index (χ0n) is 18.8. The molecular weight excluding hydrogens is 480 g/mol. The van der Waals surface area contributed by atoms with E-state index in [-0.39, 0.29) is 0 Å². The summed E-state index contributed by atoms with van der Waals surface area (Å²) < 4.78 is 6.96. The fourth-order valence-electron chi connectivity index (χ4n) is 4.25. The molecule has 0 atom stereocenters. The van der Waals surface area contributed by atoms with E-state index in [2.05, 4.69) is 44.9 Å². The second kappa shape index (κ2) is 11.0. The highest BCUT2D eigenvalue weighted by Crippen LogP contribution is 2.25. The molecule has 1 aliphatic rings. The molecule has 0 amide bonds. The zero-order chi connectivity index (χ0) is 23.2. The van der Waals surface area contributed by atoms with Crippen LogP contribution in [0, 0.1) is 0 Å². The summed E-state index contributed by atoms with van der Waals surface area (Å²) in [5, 5.41) is 9.04. The normalized spacial score (nSPS) is 15.0. The van der Waals surface area contributed by atoms with Gasteiger partial charge in [-0.05, 0) is 92.6 Å². The number of nitrogens with zero attached hydrogens (tertiary/aromatic N) is 2. The lowest BCUT2D eigenvalue weighted by atomic mass is 10.0. The molecule has 1 fully saturated rings. The third-order valence-corrected chi connectivity index (χ3v) is 6.72. The minimum Gasteiger partial charge on any atom is -0.478 e. The van der Waals surface area contributed by atoms with Crippen LogP contribution < -0.4 is 4.74 Å². The van der Waals surface area contributed by atoms with Gasteiger partial charge in [-0.2, -0.15) is 0 Å². The summed E-state index contributed by atoms with van der Waals surface area (Å²) in [7, 11) is 2.21. The lowest BCUT2D eigenvalue weighted by molar-refractivity contribution is 0.0697. The molecular formula is C27H29BrN2O3. The van der Waals surface area contributed by atoms with E-state index in [0.29, 0.717) is 11.6 Å². The molecule has 0 saturated carbocycles. The number of hydrogen-bond acceptors (Lipinski definition) is 4. The van der Waals surface area contributed by atoms with Crippen LogP contribution in [-0.4, -0.2) is 47.1 Å². The van der Waals surface area contributed by atoms with Crippen molar-refractivity contribution in [1.82, 2.24) is 9.80 Å². The fourth-order valence-corrected chi connectivity index (χ4v) is 4.51. The number of benzene rings is 3. The fraction of sp³-hybridized carbons (Fsp3) is 0.296. The van der Waals surface area contributed by atoms with Crippen LogP contribution in [0.5, 0.6) is 11.5 Å². The van der Waals surface area contributed by atoms with E-state index in [1.807, 2.05) is 48.5 Å². The largest absolute Gasteiger partial charge is 0.478 e. The van der Waals surface area contributed by atoms with Gasteiger partial charge < -0.3 is 9.84 Å². The molecule has 4 rings (SSSR count). The molecule has 0 aliphatic carbocycles. The predicted octanol–water partition coefficient (Wildman–Crippen LogP) is 6.04. The first kappa shape index (κ1) is 23.5. The molecule has 1 heterocycles. The van der Waals surface area contributed by atoms with Gasteiger partial charge in [0.2, 0.25) is 0 Å². The van der Waals surface area contributed by atoms with Gasteiger partial charge >= 0.3 is 5.97 Å². The Balaban J connectivity index is 1.23. The Labute approximate surface area is 203 Å². The maximum atomic E-state index is 11.0. The molecule has 0 spiro atoms. The van der Waals surface area contributed by atoms with E-state index < -0.39 is 5.97 Å². The molecule has 172 valence electrons. The smallest absolute Gasteiger partial charge is 0.335 e. The molecule has 0 radical (unpaired) electrons. The predicted molar refractivity (Wildman–Crippen MR) is 134 cm³/mol. The lowest BCUT2D eigenvalue weighted by Crippen LogP contribution is -2.42. The van der Waals surface area contributed by atoms with Crippen molar-refractivity contribution in [2.45, 2.75) is 32.0 Å². The number of piperidine rings is 1. The summed E-state index contributed by atoms with van der Waals surface area (Å²) in [6.45, 7) is 3.89. The van der Waals surface area contributed by atoms with Crippen molar-refractivity contribution in [2.75, 3.05) is 20.1 Å². The monoisotopic (exact) mass is 508 g/mol. The van der Waals surface area contributed by atoms with Crippen molar-refractivity contribution in [1.29, 1.82) is 0 Å². The van der Waals surface area contributed by atoms with Crippen molar-refractivity contribution in [3.05, 3.63) is 94.0 Å². The van der Waals surface area contributed by atoms with Crippen LogP contribution in [-0.2, 0) is 13.1 Å². The van der Waals surface area contributed by atoms with Crippen LogP contribution in [0.4, 0.5) is 0 Å². The van der Waals surface area contributed by atoms with Gasteiger partial charge in [0.1, 0.15) is 11.5 Å². The van der Waals surface area contributed by atoms with Gasteiger partial charge in [-0.3, -0.25) is 9.80 Å². The van der Waals surface area contributed by atoms with Gasteiger partial charge in [-0.1, -0.05) is 40.2 Å². The maximum Gasteiger partial charge on any atom is 0.335 e. The van der Waals surface area contributed by atoms with Crippen molar-refractivity contribution >= 4 is 21.9 Å². The quantitative estimate of drug-likeness (QED) is 0.402. The second-order valence-electron chi connectivity index (χ2n) is 8.62. The molecule has 1 N–H and O–H groups in total. The first-order chi connectivity index (χ1) is 16.0. The van der Waals surface area contributed by atoms with Gasteiger partial charge in [-0.25, -0.2) is 4.79 Å². The Morgan fingerprint density at radius 3 is 2.06 bits per heavy atom. The van der Waals surface area contributed by atoms with Gasteiger partial charge in [0, 0.05) is 23.6 Å². The molecule has 5 nitrogen and oxygen atoms in total. The molecule has 33 heavy (non-hydrogen) atoms. The standard InChI is InChI=1S/C27H29BrN2O3/c1-29(18-20-4-10-25(11-5-20)33-26-12-8-23(28)9-13-26)24-14-16-30(17-15-24)19-21-2-6-22(7-3-21)27(31)32/h2-13,24H,14-19H2,1H3,(H,31,32). The van der Waals surface area contributed by atoms with E-state index in [4.69, 9.17) is 9.84 Å². The van der Waals surface area contributed by atoms with Crippen LogP contribution in [0.1, 0.15) is 34.3 Å². The summed E-state index contributed by atoms with van der Waals surface area (Å²) in [6, 6.07) is 24.0. The number of carboxylic acids is 1. The van der Waals surface area contributed by atoms with E-state index in [1.54, 1.807) is 12.1 Å². The van der Waals surface area contributed by atoms with E-state index in [9.17, 15) is 4.79 Å². The third kappa shape index (κ3) is 6.67. The van der Waals surface area contributed by atoms with Crippen molar-refractivity contribution in [3.8, 4) is 11.5 Å². The number of carbonyl (C=O) groups is 1. The number of rotatable bonds is 8. The van der Waals surface area contributed by atoms with E-state index in [1.165, 1.54) is 5.56 Å². The summed E-state index contributed by atoms with van der Waals surface area (Å²) in [4.78, 5) is 15.9. The first-order valence-corrected chi connectivity index (χ1v) is 12.0. The molecule has 6 heteroatoms. The topological polar surface area (TPSA) is 53.0 Å². The molecule has 1 aliphatic heterocycles. The Hall–Kier alpha value is -2.67. The first-order valence-electron chi connectivity index (χ1n) is 11.2. The molecule has 3 aromatic carbocycles. The highest BCUT2D eigenvalue weighted by atomic mass is 79.9. The van der Waals surface area contributed by atoms with Gasteiger partial charge in [0.15, 0.2) is 0 Å². The van der Waals surface area contributed by atoms with Crippen LogP contribution in [0.15, 0.2) is 77.3 Å². The molecule has 0 aromatic heterocycles. The van der Waals surface area contributed by atoms with Crippen LogP contribution in [0.25, 0.3) is 0 Å². The van der Waals surface area contributed by atoms with E-state index in [0.717, 1.165) is 60.6 Å². The van der Waals surface area contributed by atoms with Crippen molar-refractivity contribution < 1.29 is 14.6 Å². The molecule has 0 unspecified atom stereocenters. The highest BCUT2D eigenvalue weighted by molar-refractivity contribution is 9.10. The van der Waals surface area contributed by atoms with E-state index >= 15 is 0 Å². The summed E-state index contributed by atoms with van der Waals surface area (Å²) in [5.41, 5.74) is 2.78. The van der Waals surface area contributed by atoms with Crippen molar-refractivity contribution in [2.24, 2.45) is 0 Å². The average Bonchev–Trinajstić information content (AvgIpc) is 2.82. The summed E-state index contributed by atoms with van der Waals surface area (Å²) >= 11 is 3.44. The SMILES string of the molecule is CN(Cc1ccc(Oc2ccc(Br)cc2)cc1)C1CCN(Cc2ccc(C(=O)O)cc2)CC1. The van der Waals surface area contributed by atoms with Gasteiger partial charge in [0.05, 0.1) is 5.56 Å². The van der Waals surface area contributed by atoms with Crippen LogP contribution in [0.3, 0.4) is 0 Å². The third-order valence-electron chi connectivity index (χ3n) is 6.19. The number of ether oxygens (including phenoxy) is 1. The van der Waals surface area contributed by atoms with Gasteiger partial charge in [0.25, 0.3) is 0 Å². The number of likely N-dealkylation sites (tertiary alicyclic amines) is 1. The number of hydrogen-bond donors (Lipinski definition) is 1. The molecule has 3 aromatic rings. The number of aromatic carboxylic acids is 1. The van der Waals surface area contributed by atoms with Crippen LogP contribution >= 0.6 is 15.9 Å². The van der Waals surface area contributed by atoms with Crippen molar-refractivity contribution in [3.63, 3.8) is 0 Å². The summed E-state index contributed by atoms with van der Waals surface area (Å²) in [5.74, 6) is 0.790. The van der Waals surface area contributed by atoms with Gasteiger partial charge in [-0.15, -0.1) is 0 Å². The Morgan fingerprint density at radius 2 is 1.48 bits per heavy atom. The Kier molecular flexibility index (Phi) is 7.81. The number of carboxylic acid groups (broad SMARTS) is 1. The molecule has 0 bridgehead atoms. The average molecular weight is 509 g/mol. The van der Waals surface area contributed by atoms with Crippen LogP contribution in [0.2, 0.25) is 0 Å².